The molecule has 4 nitrogen and oxygen atoms in total. The Bertz CT molecular complexity index is 732. The average molecular weight is 306 g/mol. The van der Waals surface area contributed by atoms with Crippen LogP contribution < -0.4 is 5.43 Å². The zero-order valence-electron chi connectivity index (χ0n) is 11.9. The SMILES string of the molecule is CCn1c(C)cc(=O)c(C(=O)O)c1Cc1ccc(Cl)cc1. The Morgan fingerprint density at radius 3 is 2.43 bits per heavy atom. The van der Waals surface area contributed by atoms with Gasteiger partial charge in [0.05, 0.1) is 0 Å². The minimum absolute atomic E-state index is 0.155. The van der Waals surface area contributed by atoms with Crippen LogP contribution in [0.25, 0.3) is 0 Å². The molecule has 0 aliphatic rings. The number of halogens is 1. The number of carboxylic acid groups (broad SMARTS) is 1. The lowest BCUT2D eigenvalue weighted by Crippen LogP contribution is -2.24. The van der Waals surface area contributed by atoms with Crippen LogP contribution in [0, 0.1) is 6.92 Å². The second-order valence-corrected chi connectivity index (χ2v) is 5.26. The molecule has 0 aliphatic carbocycles. The lowest BCUT2D eigenvalue weighted by molar-refractivity contribution is 0.0693. The van der Waals surface area contributed by atoms with Gasteiger partial charge in [-0.25, -0.2) is 4.79 Å². The van der Waals surface area contributed by atoms with E-state index in [0.29, 0.717) is 23.7 Å². The van der Waals surface area contributed by atoms with Gasteiger partial charge in [-0.15, -0.1) is 0 Å². The Morgan fingerprint density at radius 1 is 1.29 bits per heavy atom. The molecule has 1 aromatic heterocycles. The molecule has 110 valence electrons. The maximum absolute atomic E-state index is 12.0. The molecule has 0 atom stereocenters. The molecule has 1 heterocycles. The van der Waals surface area contributed by atoms with Crippen molar-refractivity contribution in [2.45, 2.75) is 26.8 Å². The number of hydrogen-bond acceptors (Lipinski definition) is 2. The number of aryl methyl sites for hydroxylation is 1. The Balaban J connectivity index is 2.62. The van der Waals surface area contributed by atoms with E-state index in [4.69, 9.17) is 11.6 Å². The fourth-order valence-electron chi connectivity index (χ4n) is 2.48. The van der Waals surface area contributed by atoms with Gasteiger partial charge >= 0.3 is 5.97 Å². The van der Waals surface area contributed by atoms with Crippen molar-refractivity contribution in [1.29, 1.82) is 0 Å². The number of carbonyl (C=O) groups is 1. The van der Waals surface area contributed by atoms with Gasteiger partial charge in [-0.1, -0.05) is 23.7 Å². The van der Waals surface area contributed by atoms with Gasteiger partial charge < -0.3 is 9.67 Å². The first-order chi connectivity index (χ1) is 9.93. The standard InChI is InChI=1S/C16H16ClNO3/c1-3-18-10(2)8-14(19)15(16(20)21)13(18)9-11-4-6-12(17)7-5-11/h4-8H,3,9H2,1-2H3,(H,20,21). The fraction of sp³-hybridized carbons (Fsp3) is 0.250. The maximum Gasteiger partial charge on any atom is 0.341 e. The second-order valence-electron chi connectivity index (χ2n) is 4.82. The predicted octanol–water partition coefficient (Wildman–Crippen LogP) is 3.12. The van der Waals surface area contributed by atoms with E-state index in [9.17, 15) is 14.7 Å². The summed E-state index contributed by atoms with van der Waals surface area (Å²) in [4.78, 5) is 23.4. The average Bonchev–Trinajstić information content (AvgIpc) is 2.40. The monoisotopic (exact) mass is 305 g/mol. The summed E-state index contributed by atoms with van der Waals surface area (Å²) < 4.78 is 1.86. The first-order valence-corrected chi connectivity index (χ1v) is 7.03. The Hall–Kier alpha value is -2.07. The topological polar surface area (TPSA) is 59.3 Å². The second kappa shape index (κ2) is 6.14. The maximum atomic E-state index is 12.0. The van der Waals surface area contributed by atoms with Gasteiger partial charge in [0, 0.05) is 35.4 Å². The smallest absolute Gasteiger partial charge is 0.341 e. The molecule has 0 aliphatic heterocycles. The number of pyridine rings is 1. The van der Waals surface area contributed by atoms with Crippen molar-refractivity contribution in [2.75, 3.05) is 0 Å². The number of aromatic carboxylic acids is 1. The summed E-state index contributed by atoms with van der Waals surface area (Å²) in [5, 5.41) is 9.96. The van der Waals surface area contributed by atoms with Gasteiger partial charge in [0.25, 0.3) is 0 Å². The van der Waals surface area contributed by atoms with Gasteiger partial charge in [0.15, 0.2) is 5.43 Å². The number of rotatable bonds is 4. The van der Waals surface area contributed by atoms with Gasteiger partial charge in [-0.2, -0.15) is 0 Å². The summed E-state index contributed by atoms with van der Waals surface area (Å²) in [6.07, 6.45) is 0.379. The van der Waals surface area contributed by atoms with Gasteiger partial charge in [-0.3, -0.25) is 4.79 Å². The van der Waals surface area contributed by atoms with E-state index in [-0.39, 0.29) is 5.56 Å². The number of carboxylic acids is 1. The van der Waals surface area contributed by atoms with Crippen LogP contribution in [0.4, 0.5) is 0 Å². The third-order valence-electron chi connectivity index (χ3n) is 3.44. The molecular weight excluding hydrogens is 290 g/mol. The molecule has 0 amide bonds. The lowest BCUT2D eigenvalue weighted by Gasteiger charge is -2.17. The summed E-state index contributed by atoms with van der Waals surface area (Å²) >= 11 is 5.86. The van der Waals surface area contributed by atoms with Crippen molar-refractivity contribution in [1.82, 2.24) is 4.57 Å². The molecule has 0 saturated carbocycles. The summed E-state index contributed by atoms with van der Waals surface area (Å²) in [6.45, 7) is 4.34. The van der Waals surface area contributed by atoms with E-state index < -0.39 is 11.4 Å². The molecule has 0 spiro atoms. The van der Waals surface area contributed by atoms with Crippen molar-refractivity contribution < 1.29 is 9.90 Å². The molecule has 21 heavy (non-hydrogen) atoms. The van der Waals surface area contributed by atoms with E-state index in [0.717, 1.165) is 11.3 Å². The predicted molar refractivity (Wildman–Crippen MR) is 82.3 cm³/mol. The fourth-order valence-corrected chi connectivity index (χ4v) is 2.60. The van der Waals surface area contributed by atoms with Crippen LogP contribution in [-0.4, -0.2) is 15.6 Å². The first kappa shape index (κ1) is 15.3. The van der Waals surface area contributed by atoms with Crippen LogP contribution in [0.5, 0.6) is 0 Å². The molecule has 1 aromatic carbocycles. The summed E-state index contributed by atoms with van der Waals surface area (Å²) in [5.41, 5.74) is 1.59. The molecule has 0 radical (unpaired) electrons. The van der Waals surface area contributed by atoms with Crippen LogP contribution in [0.3, 0.4) is 0 Å². The molecule has 0 saturated heterocycles. The molecule has 2 rings (SSSR count). The van der Waals surface area contributed by atoms with Crippen LogP contribution in [0.15, 0.2) is 35.1 Å². The van der Waals surface area contributed by atoms with E-state index in [1.807, 2.05) is 30.5 Å². The van der Waals surface area contributed by atoms with Crippen molar-refractivity contribution in [3.05, 3.63) is 68.1 Å². The van der Waals surface area contributed by atoms with Crippen LogP contribution in [-0.2, 0) is 13.0 Å². The van der Waals surface area contributed by atoms with Crippen LogP contribution in [0.2, 0.25) is 5.02 Å². The number of hydrogen-bond donors (Lipinski definition) is 1. The number of aromatic nitrogens is 1. The molecule has 5 heteroatoms. The molecule has 1 N–H and O–H groups in total. The third-order valence-corrected chi connectivity index (χ3v) is 3.69. The molecule has 0 fully saturated rings. The Kier molecular flexibility index (Phi) is 4.48. The first-order valence-electron chi connectivity index (χ1n) is 6.65. The van der Waals surface area contributed by atoms with Gasteiger partial charge in [0.1, 0.15) is 5.56 Å². The van der Waals surface area contributed by atoms with Crippen LogP contribution in [0.1, 0.15) is 34.2 Å². The highest BCUT2D eigenvalue weighted by atomic mass is 35.5. The third kappa shape index (κ3) is 3.16. The highest BCUT2D eigenvalue weighted by Crippen LogP contribution is 2.17. The van der Waals surface area contributed by atoms with Crippen molar-refractivity contribution in [3.8, 4) is 0 Å². The normalized spacial score (nSPS) is 10.6. The van der Waals surface area contributed by atoms with Gasteiger partial charge in [-0.05, 0) is 31.5 Å². The summed E-state index contributed by atoms with van der Waals surface area (Å²) in [7, 11) is 0. The van der Waals surface area contributed by atoms with Crippen molar-refractivity contribution >= 4 is 17.6 Å². The minimum Gasteiger partial charge on any atom is -0.477 e. The molecule has 2 aromatic rings. The minimum atomic E-state index is -1.19. The van der Waals surface area contributed by atoms with Crippen molar-refractivity contribution in [2.24, 2.45) is 0 Å². The lowest BCUT2D eigenvalue weighted by atomic mass is 10.0. The zero-order chi connectivity index (χ0) is 15.6. The molecule has 0 unspecified atom stereocenters. The highest BCUT2D eigenvalue weighted by Gasteiger charge is 2.19. The molecular formula is C16H16ClNO3. The van der Waals surface area contributed by atoms with Crippen LogP contribution >= 0.6 is 11.6 Å². The van der Waals surface area contributed by atoms with Gasteiger partial charge in [0.2, 0.25) is 0 Å². The Labute approximate surface area is 127 Å². The van der Waals surface area contributed by atoms with Crippen molar-refractivity contribution in [3.63, 3.8) is 0 Å². The van der Waals surface area contributed by atoms with E-state index in [1.165, 1.54) is 6.07 Å². The Morgan fingerprint density at radius 2 is 1.90 bits per heavy atom. The molecule has 0 bridgehead atoms. The van der Waals surface area contributed by atoms with E-state index in [2.05, 4.69) is 0 Å². The van der Waals surface area contributed by atoms with E-state index >= 15 is 0 Å². The van der Waals surface area contributed by atoms with E-state index in [1.54, 1.807) is 12.1 Å². The number of benzene rings is 1. The summed E-state index contributed by atoms with van der Waals surface area (Å²) in [5.74, 6) is -1.19. The summed E-state index contributed by atoms with van der Waals surface area (Å²) in [6, 6.07) is 8.54. The zero-order valence-corrected chi connectivity index (χ0v) is 12.6. The highest BCUT2D eigenvalue weighted by molar-refractivity contribution is 6.30. The number of nitrogens with zero attached hydrogens (tertiary/aromatic N) is 1. The largest absolute Gasteiger partial charge is 0.477 e. The quantitative estimate of drug-likeness (QED) is 0.944.